The molecule has 0 aliphatic carbocycles. The van der Waals surface area contributed by atoms with Crippen molar-refractivity contribution in [3.8, 4) is 11.4 Å². The van der Waals surface area contributed by atoms with E-state index in [0.29, 0.717) is 30.2 Å². The lowest BCUT2D eigenvalue weighted by molar-refractivity contribution is -0.142. The Morgan fingerprint density at radius 2 is 2.16 bits per heavy atom. The summed E-state index contributed by atoms with van der Waals surface area (Å²) in [5.41, 5.74) is 0.786. The highest BCUT2D eigenvalue weighted by Crippen LogP contribution is 2.30. The molecule has 2 heterocycles. The number of hydrogen-bond acceptors (Lipinski definition) is 3. The zero-order valence-corrected chi connectivity index (χ0v) is 10.8. The number of aliphatic carboxylic acids is 1. The van der Waals surface area contributed by atoms with E-state index >= 15 is 0 Å². The van der Waals surface area contributed by atoms with Crippen LogP contribution in [0.2, 0.25) is 5.02 Å². The number of carboxylic acid groups (broad SMARTS) is 1. The monoisotopic (exact) mass is 277 g/mol. The number of carboxylic acids is 1. The first kappa shape index (κ1) is 12.2. The summed E-state index contributed by atoms with van der Waals surface area (Å²) in [4.78, 5) is 11.1. The van der Waals surface area contributed by atoms with E-state index in [1.54, 1.807) is 6.07 Å². The van der Waals surface area contributed by atoms with Gasteiger partial charge in [-0.2, -0.15) is 0 Å². The molecule has 0 fully saturated rings. The molecular weight excluding hydrogens is 266 g/mol. The summed E-state index contributed by atoms with van der Waals surface area (Å²) in [6.45, 7) is 0.401. The summed E-state index contributed by atoms with van der Waals surface area (Å²) < 4.78 is 1.86. The average molecular weight is 278 g/mol. The van der Waals surface area contributed by atoms with Crippen molar-refractivity contribution >= 4 is 17.6 Å². The number of carbonyl (C=O) groups is 1. The summed E-state index contributed by atoms with van der Waals surface area (Å²) in [6.07, 6.45) is 1.24. The normalized spacial score (nSPS) is 18.1. The second kappa shape index (κ2) is 4.66. The smallest absolute Gasteiger partial charge is 0.308 e. The van der Waals surface area contributed by atoms with Crippen LogP contribution in [0.5, 0.6) is 0 Å². The molecule has 0 bridgehead atoms. The summed E-state index contributed by atoms with van der Waals surface area (Å²) in [5, 5.41) is 18.0. The van der Waals surface area contributed by atoms with Crippen LogP contribution in [0.4, 0.5) is 0 Å². The Morgan fingerprint density at radius 3 is 2.89 bits per heavy atom. The minimum absolute atomic E-state index is 0.385. The van der Waals surface area contributed by atoms with Crippen LogP contribution in [-0.2, 0) is 17.8 Å². The molecular formula is C13H12ClN3O2. The molecule has 5 nitrogen and oxygen atoms in total. The van der Waals surface area contributed by atoms with Gasteiger partial charge in [0.25, 0.3) is 0 Å². The third kappa shape index (κ3) is 2.10. The van der Waals surface area contributed by atoms with Gasteiger partial charge in [-0.1, -0.05) is 23.7 Å². The number of halogens is 1. The molecule has 0 amide bonds. The summed E-state index contributed by atoms with van der Waals surface area (Å²) in [6, 6.07) is 7.37. The molecule has 1 atom stereocenters. The lowest BCUT2D eigenvalue weighted by Gasteiger charge is -2.21. The highest BCUT2D eigenvalue weighted by atomic mass is 35.5. The molecule has 0 saturated heterocycles. The molecule has 19 heavy (non-hydrogen) atoms. The molecule has 0 spiro atoms. The summed E-state index contributed by atoms with van der Waals surface area (Å²) >= 11 is 6.16. The third-order valence-electron chi connectivity index (χ3n) is 3.41. The largest absolute Gasteiger partial charge is 0.481 e. The number of nitrogens with zero attached hydrogens (tertiary/aromatic N) is 3. The number of aryl methyl sites for hydroxylation is 1. The molecule has 98 valence electrons. The predicted molar refractivity (Wildman–Crippen MR) is 69.9 cm³/mol. The Morgan fingerprint density at radius 1 is 1.37 bits per heavy atom. The van der Waals surface area contributed by atoms with Crippen LogP contribution < -0.4 is 0 Å². The molecule has 2 aromatic rings. The second-order valence-electron chi connectivity index (χ2n) is 4.60. The van der Waals surface area contributed by atoms with Crippen molar-refractivity contribution < 1.29 is 9.90 Å². The van der Waals surface area contributed by atoms with Crippen LogP contribution in [0.15, 0.2) is 24.3 Å². The summed E-state index contributed by atoms with van der Waals surface area (Å²) in [5.74, 6) is 0.313. The lowest BCUT2D eigenvalue weighted by Crippen LogP contribution is -2.27. The Labute approximate surface area is 114 Å². The molecule has 1 aliphatic heterocycles. The lowest BCUT2D eigenvalue weighted by atomic mass is 9.99. The molecule has 1 aromatic heterocycles. The number of fused-ring (bicyclic) bond motifs is 1. The fourth-order valence-corrected chi connectivity index (χ4v) is 2.59. The first-order valence-corrected chi connectivity index (χ1v) is 6.44. The Bertz CT molecular complexity index is 639. The number of rotatable bonds is 2. The topological polar surface area (TPSA) is 68.0 Å². The second-order valence-corrected chi connectivity index (χ2v) is 5.01. The predicted octanol–water partition coefficient (Wildman–Crippen LogP) is 2.25. The molecule has 1 aliphatic rings. The molecule has 1 aromatic carbocycles. The van der Waals surface area contributed by atoms with Crippen molar-refractivity contribution in [2.24, 2.45) is 5.92 Å². The van der Waals surface area contributed by atoms with Crippen molar-refractivity contribution in [1.82, 2.24) is 14.8 Å². The van der Waals surface area contributed by atoms with Gasteiger partial charge in [0.05, 0.1) is 10.9 Å². The van der Waals surface area contributed by atoms with Gasteiger partial charge >= 0.3 is 5.97 Å². The maximum absolute atomic E-state index is 11.1. The van der Waals surface area contributed by atoms with E-state index in [1.165, 1.54) is 0 Å². The molecule has 0 saturated carbocycles. The fraction of sp³-hybridized carbons (Fsp3) is 0.308. The highest BCUT2D eigenvalue weighted by molar-refractivity contribution is 6.33. The van der Waals surface area contributed by atoms with E-state index in [4.69, 9.17) is 16.7 Å². The van der Waals surface area contributed by atoms with Crippen LogP contribution in [-0.4, -0.2) is 25.8 Å². The Kier molecular flexibility index (Phi) is 2.98. The minimum Gasteiger partial charge on any atom is -0.481 e. The SMILES string of the molecule is O=C(O)C1CCc2nnc(-c3ccccc3Cl)n2C1. The van der Waals surface area contributed by atoms with Gasteiger partial charge in [0, 0.05) is 18.5 Å². The first-order chi connectivity index (χ1) is 9.16. The number of aromatic nitrogens is 3. The van der Waals surface area contributed by atoms with Crippen LogP contribution in [0.25, 0.3) is 11.4 Å². The van der Waals surface area contributed by atoms with Gasteiger partial charge in [-0.25, -0.2) is 0 Å². The van der Waals surface area contributed by atoms with Crippen molar-refractivity contribution in [2.75, 3.05) is 0 Å². The van der Waals surface area contributed by atoms with E-state index < -0.39 is 5.97 Å². The Balaban J connectivity index is 2.04. The van der Waals surface area contributed by atoms with Crippen LogP contribution >= 0.6 is 11.6 Å². The highest BCUT2D eigenvalue weighted by Gasteiger charge is 2.28. The minimum atomic E-state index is -0.774. The zero-order chi connectivity index (χ0) is 13.4. The Hall–Kier alpha value is -1.88. The maximum Gasteiger partial charge on any atom is 0.308 e. The van der Waals surface area contributed by atoms with Gasteiger partial charge in [0.1, 0.15) is 5.82 Å². The third-order valence-corrected chi connectivity index (χ3v) is 3.74. The summed E-state index contributed by atoms with van der Waals surface area (Å²) in [7, 11) is 0. The van der Waals surface area contributed by atoms with E-state index in [0.717, 1.165) is 11.4 Å². The molecule has 1 unspecified atom stereocenters. The number of benzene rings is 1. The van der Waals surface area contributed by atoms with Gasteiger partial charge in [0.15, 0.2) is 5.82 Å². The standard InChI is InChI=1S/C13H12ClN3O2/c14-10-4-2-1-3-9(10)12-16-15-11-6-5-8(13(18)19)7-17(11)12/h1-4,8H,5-7H2,(H,18,19). The molecule has 6 heteroatoms. The van der Waals surface area contributed by atoms with E-state index in [9.17, 15) is 4.79 Å². The van der Waals surface area contributed by atoms with Crippen LogP contribution in [0, 0.1) is 5.92 Å². The van der Waals surface area contributed by atoms with E-state index in [1.807, 2.05) is 22.8 Å². The zero-order valence-electron chi connectivity index (χ0n) is 10.1. The van der Waals surface area contributed by atoms with Gasteiger partial charge < -0.3 is 9.67 Å². The first-order valence-electron chi connectivity index (χ1n) is 6.06. The fourth-order valence-electron chi connectivity index (χ4n) is 2.37. The van der Waals surface area contributed by atoms with Crippen molar-refractivity contribution in [1.29, 1.82) is 0 Å². The average Bonchev–Trinajstić information content (AvgIpc) is 2.82. The van der Waals surface area contributed by atoms with Gasteiger partial charge in [-0.3, -0.25) is 4.79 Å². The van der Waals surface area contributed by atoms with E-state index in [2.05, 4.69) is 10.2 Å². The molecule has 1 N–H and O–H groups in total. The van der Waals surface area contributed by atoms with Gasteiger partial charge in [-0.15, -0.1) is 10.2 Å². The van der Waals surface area contributed by atoms with Crippen LogP contribution in [0.3, 0.4) is 0 Å². The van der Waals surface area contributed by atoms with Crippen molar-refractivity contribution in [2.45, 2.75) is 19.4 Å². The van der Waals surface area contributed by atoms with Crippen LogP contribution in [0.1, 0.15) is 12.2 Å². The number of hydrogen-bond donors (Lipinski definition) is 1. The van der Waals surface area contributed by atoms with E-state index in [-0.39, 0.29) is 5.92 Å². The van der Waals surface area contributed by atoms with Crippen molar-refractivity contribution in [3.63, 3.8) is 0 Å². The maximum atomic E-state index is 11.1. The van der Waals surface area contributed by atoms with Gasteiger partial charge in [-0.05, 0) is 18.6 Å². The van der Waals surface area contributed by atoms with Gasteiger partial charge in [0.2, 0.25) is 0 Å². The van der Waals surface area contributed by atoms with Crippen molar-refractivity contribution in [3.05, 3.63) is 35.1 Å². The molecule has 3 rings (SSSR count). The quantitative estimate of drug-likeness (QED) is 0.914. The molecule has 0 radical (unpaired) electrons.